The molecule has 12 aliphatic heterocycles. The minimum atomic E-state index is -4.61. The summed E-state index contributed by atoms with van der Waals surface area (Å²) in [6, 6.07) is 0. The van der Waals surface area contributed by atoms with Gasteiger partial charge in [-0.1, -0.05) is 57.5 Å². The van der Waals surface area contributed by atoms with Crippen molar-refractivity contribution >= 4 is 108 Å². The van der Waals surface area contributed by atoms with E-state index >= 15 is 0 Å². The summed E-state index contributed by atoms with van der Waals surface area (Å²) in [5, 5.41) is 0. The third-order valence-corrected chi connectivity index (χ3v) is 23.2. The van der Waals surface area contributed by atoms with Crippen LogP contribution in [0, 0.1) is 47.3 Å². The molecule has 8 fully saturated rings. The van der Waals surface area contributed by atoms with Gasteiger partial charge in [0.15, 0.2) is 0 Å². The van der Waals surface area contributed by atoms with Gasteiger partial charge in [0.2, 0.25) is 47.3 Å². The van der Waals surface area contributed by atoms with E-state index in [1.165, 1.54) is 20.8 Å². The number of hydrogen-bond donors (Lipinski definition) is 8. The number of carbonyl (C=O) groups excluding carboxylic acids is 13. The van der Waals surface area contributed by atoms with Crippen LogP contribution in [-0.4, -0.2) is 267 Å². The maximum atomic E-state index is 13.1. The Labute approximate surface area is 650 Å². The lowest BCUT2D eigenvalue weighted by Gasteiger charge is -2.29. The van der Waals surface area contributed by atoms with Gasteiger partial charge in [-0.25, -0.2) is 32.9 Å². The highest BCUT2D eigenvalue weighted by atomic mass is 31.2. The third kappa shape index (κ3) is 19.4. The normalized spacial score (nSPS) is 31.1. The van der Waals surface area contributed by atoms with Crippen molar-refractivity contribution in [2.24, 2.45) is 47.3 Å². The summed E-state index contributed by atoms with van der Waals surface area (Å²) in [5.41, 5.74) is -5.15. The van der Waals surface area contributed by atoms with Crippen molar-refractivity contribution in [3.8, 4) is 0 Å². The standard InChI is InChI=1S/C20H26NO10P.C18H24NO9P.C16H20NO9P.C15H18NO9P/c1-12(2)19(25)30-11-20-7-6-13(31-20)15-16(20)18(24)21(17(15)23)8-9-29-14(22)5-3-4-10-32(26,27)28;1-4-17-6-7-18(28-17,10-26-16(22)11(2)3)13-12(17)14(20)19(15(13)21)8-5-9-27-29(23,24)25;1-9(2)15(20)24-8-16-5-4-10(26-16)11-12(16)14(19)17(13(11)18)6-3-7-25-27(21,22)23;1-2-10(17)23-8-15-5-4-9(25-15)11-12(15)14(19)16(13(11)18)6-3-7-24-26(20,21)22/h6-7,13,15-16H,1,3-5,8-11H2,2H3,(H2,26,27,28);6-7,12-13H,2,4-5,8-10H2,1,3H3,(H2,23,24,25);4-5,10-12H,1,3,6-8H2,2H3,(H2,21,22,23);2,4-5,9,11-12H,1,3,6-8H2,(H2,20,21,22). The number of carbonyl (C=O) groups is 13. The zero-order chi connectivity index (χ0) is 84.4. The molecule has 0 saturated carbocycles. The second kappa shape index (κ2) is 35.1. The van der Waals surface area contributed by atoms with Crippen molar-refractivity contribution in [1.29, 1.82) is 0 Å². The molecule has 626 valence electrons. The topological polar surface area (TPSA) is 576 Å². The first kappa shape index (κ1) is 90.1. The van der Waals surface area contributed by atoms with Gasteiger partial charge in [-0.2, -0.15) is 0 Å². The summed E-state index contributed by atoms with van der Waals surface area (Å²) >= 11 is 0. The second-order valence-corrected chi connectivity index (χ2v) is 34.1. The Morgan fingerprint density at radius 2 is 0.754 bits per heavy atom. The van der Waals surface area contributed by atoms with Gasteiger partial charge in [0.1, 0.15) is 55.4 Å². The zero-order valence-corrected chi connectivity index (χ0v) is 65.6. The Morgan fingerprint density at radius 3 is 1.10 bits per heavy atom. The van der Waals surface area contributed by atoms with Crippen LogP contribution in [0.15, 0.2) is 97.7 Å². The van der Waals surface area contributed by atoms with E-state index in [0.717, 1.165) is 25.7 Å². The van der Waals surface area contributed by atoms with Crippen LogP contribution in [0.2, 0.25) is 0 Å². The van der Waals surface area contributed by atoms with Crippen molar-refractivity contribution in [1.82, 2.24) is 19.6 Å². The first-order chi connectivity index (χ1) is 53.2. The Bertz CT molecular complexity index is 4300. The lowest BCUT2D eigenvalue weighted by atomic mass is 9.71. The molecule has 12 aliphatic rings. The molecule has 12 rings (SSSR count). The average Bonchev–Trinajstić information content (AvgIpc) is 1.53. The number of ether oxygens (including phenoxy) is 9. The van der Waals surface area contributed by atoms with Crippen LogP contribution in [0.5, 0.6) is 0 Å². The van der Waals surface area contributed by atoms with Crippen LogP contribution >= 0.6 is 31.1 Å². The maximum Gasteiger partial charge on any atom is 0.469 e. The van der Waals surface area contributed by atoms with Crippen molar-refractivity contribution in [2.45, 2.75) is 119 Å². The Hall–Kier alpha value is -7.85. The predicted octanol–water partition coefficient (Wildman–Crippen LogP) is 0.437. The Morgan fingerprint density at radius 1 is 0.430 bits per heavy atom. The van der Waals surface area contributed by atoms with Gasteiger partial charge in [0, 0.05) is 55.0 Å². The lowest BCUT2D eigenvalue weighted by Crippen LogP contribution is -2.45. The number of unbranched alkanes of at least 4 members (excludes halogenated alkanes) is 1. The Kier molecular flexibility index (Phi) is 27.8. The first-order valence-corrected chi connectivity index (χ1v) is 42.0. The fourth-order valence-corrected chi connectivity index (χ4v) is 17.4. The van der Waals surface area contributed by atoms with Gasteiger partial charge >= 0.3 is 60.9 Å². The molecule has 8 amide bonds. The number of phosphoric acid groups is 3. The van der Waals surface area contributed by atoms with Crippen molar-refractivity contribution in [2.75, 3.05) is 85.2 Å². The number of imide groups is 4. The summed E-state index contributed by atoms with van der Waals surface area (Å²) in [7, 11) is -17.9. The summed E-state index contributed by atoms with van der Waals surface area (Å²) in [5.74, 6) is -12.7. The van der Waals surface area contributed by atoms with E-state index in [9.17, 15) is 80.6 Å². The summed E-state index contributed by atoms with van der Waals surface area (Å²) in [6.07, 6.45) is 13.5. The quantitative estimate of drug-likeness (QED) is 0.00802. The molecule has 45 heteroatoms. The van der Waals surface area contributed by atoms with Crippen molar-refractivity contribution in [3.63, 3.8) is 0 Å². The molecule has 16 unspecified atom stereocenters. The van der Waals surface area contributed by atoms with Crippen LogP contribution in [0.4, 0.5) is 0 Å². The number of hydrogen-bond acceptors (Lipinski definition) is 29. The SMILES string of the molecule is C=C(C)C(=O)OCC12C=CC(CC)(O1)C1C(=O)N(CCCOP(=O)(O)O)C(=O)C12.C=C(C)C(=O)OCC12C=CC(O1)C1C(=O)N(CCCOP(=O)(O)O)C(=O)C12.C=C(C)C(=O)OCC12C=CC(O1)C1C(=O)N(CCOC(=O)CCCCP(=O)(O)O)C(=O)C12.C=CC(=O)OCC12C=CC(O1)C1C(=O)N(CCCOP(=O)(O)O)C(=O)C12. The monoisotopic (exact) mass is 1690 g/mol. The molecule has 0 spiro atoms. The van der Waals surface area contributed by atoms with Gasteiger partial charge in [-0.05, 0) is 83.6 Å². The number of amides is 8. The molecule has 12 heterocycles. The van der Waals surface area contributed by atoms with E-state index in [4.69, 9.17) is 81.8 Å². The average molecular weight is 1690 g/mol. The minimum absolute atomic E-state index is 0.0236. The molecule has 16 atom stereocenters. The second-order valence-electron chi connectivity index (χ2n) is 28.6. The molecule has 0 aromatic heterocycles. The van der Waals surface area contributed by atoms with E-state index < -0.39 is 202 Å². The number of likely N-dealkylation sites (tertiary alicyclic amines) is 4. The number of esters is 5. The van der Waals surface area contributed by atoms with Crippen LogP contribution in [0.1, 0.15) is 72.6 Å². The Balaban J connectivity index is 0.000000175. The van der Waals surface area contributed by atoms with Crippen molar-refractivity contribution in [3.05, 3.63) is 97.7 Å². The fraction of sp³-hybridized carbons (Fsp3) is 0.580. The highest BCUT2D eigenvalue weighted by Crippen LogP contribution is 2.60. The van der Waals surface area contributed by atoms with Crippen LogP contribution in [-0.2, 0) is 137 Å². The summed E-state index contributed by atoms with van der Waals surface area (Å²) in [6.45, 7) is 18.0. The molecule has 8 saturated heterocycles. The van der Waals surface area contributed by atoms with Crippen molar-refractivity contribution < 1.29 is 176 Å². The summed E-state index contributed by atoms with van der Waals surface area (Å²) < 4.78 is 105. The van der Waals surface area contributed by atoms with Crippen LogP contribution < -0.4 is 0 Å². The number of rotatable bonds is 36. The number of phosphoric ester groups is 3. The number of fused-ring (bicyclic) bond motifs is 20. The lowest BCUT2D eigenvalue weighted by molar-refractivity contribution is -0.158. The van der Waals surface area contributed by atoms with E-state index in [0.29, 0.717) is 6.42 Å². The van der Waals surface area contributed by atoms with Gasteiger partial charge in [-0.3, -0.25) is 80.9 Å². The van der Waals surface area contributed by atoms with Gasteiger partial charge in [0.25, 0.3) is 0 Å². The highest BCUT2D eigenvalue weighted by molar-refractivity contribution is 7.51. The molecule has 0 aromatic carbocycles. The van der Waals surface area contributed by atoms with E-state index in [2.05, 4.69) is 39.9 Å². The van der Waals surface area contributed by atoms with Crippen LogP contribution in [0.25, 0.3) is 0 Å². The van der Waals surface area contributed by atoms with E-state index in [1.807, 2.05) is 6.92 Å². The molecule has 8 N–H and O–H groups in total. The smallest absolute Gasteiger partial charge is 0.464 e. The molecule has 0 radical (unpaired) electrons. The van der Waals surface area contributed by atoms with Gasteiger partial charge in [0.05, 0.1) is 97.6 Å². The zero-order valence-electron chi connectivity index (χ0n) is 62.0. The number of nitrogens with zero attached hydrogens (tertiary/aromatic N) is 4. The highest BCUT2D eigenvalue weighted by Gasteiger charge is 2.74. The van der Waals surface area contributed by atoms with Gasteiger partial charge in [-0.15, -0.1) is 0 Å². The van der Waals surface area contributed by atoms with E-state index in [-0.39, 0.29) is 140 Å². The minimum Gasteiger partial charge on any atom is -0.464 e. The molecule has 8 bridgehead atoms. The molecular formula is C69H88N4O37P4. The van der Waals surface area contributed by atoms with Crippen LogP contribution in [0.3, 0.4) is 0 Å². The maximum absolute atomic E-state index is 13.1. The molecule has 0 aromatic rings. The van der Waals surface area contributed by atoms with Gasteiger partial charge < -0.3 is 81.8 Å². The fourth-order valence-electron chi connectivity index (χ4n) is 15.7. The third-order valence-electron chi connectivity index (χ3n) is 20.7. The molecule has 0 aliphatic carbocycles. The molecule has 114 heavy (non-hydrogen) atoms. The largest absolute Gasteiger partial charge is 0.469 e. The predicted molar refractivity (Wildman–Crippen MR) is 379 cm³/mol. The molecule has 41 nitrogen and oxygen atoms in total. The van der Waals surface area contributed by atoms with E-state index in [1.54, 1.807) is 48.6 Å². The first-order valence-electron chi connectivity index (χ1n) is 35.7. The summed E-state index contributed by atoms with van der Waals surface area (Å²) in [4.78, 5) is 235. The molecular weight excluding hydrogens is 1600 g/mol.